The number of hydrogen-bond donors (Lipinski definition) is 3. The quantitative estimate of drug-likeness (QED) is 0.708. The molecule has 1 aromatic carbocycles. The summed E-state index contributed by atoms with van der Waals surface area (Å²) in [6.45, 7) is 5.95. The normalized spacial score (nSPS) is 10.2. The average molecular weight is 273 g/mol. The Balaban J connectivity index is 2.47. The third kappa shape index (κ3) is 5.91. The number of nitrogens with one attached hydrogen (secondary N) is 2. The second-order valence-electron chi connectivity index (χ2n) is 5.30. The van der Waals surface area contributed by atoms with E-state index >= 15 is 0 Å². The molecule has 5 heteroatoms. The number of hydrogen-bond acceptors (Lipinski definition) is 2. The lowest BCUT2D eigenvalue weighted by molar-refractivity contribution is 0.1000. The molecule has 20 heavy (non-hydrogen) atoms. The number of carbonyl (C=O) groups is 2. The summed E-state index contributed by atoms with van der Waals surface area (Å²) >= 11 is 0. The predicted octanol–water partition coefficient (Wildman–Crippen LogP) is 1.23. The third-order valence-electron chi connectivity index (χ3n) is 2.23. The van der Waals surface area contributed by atoms with Gasteiger partial charge >= 0.3 is 6.03 Å². The van der Waals surface area contributed by atoms with E-state index in [9.17, 15) is 9.59 Å². The Bertz CT molecular complexity index is 545. The first-order valence-electron chi connectivity index (χ1n) is 6.23. The first kappa shape index (κ1) is 15.6. The highest BCUT2D eigenvalue weighted by atomic mass is 16.2. The molecule has 1 rings (SSSR count). The molecule has 0 heterocycles. The van der Waals surface area contributed by atoms with Gasteiger partial charge in [-0.15, -0.1) is 0 Å². The molecule has 4 N–H and O–H groups in total. The Hall–Kier alpha value is -2.48. The minimum atomic E-state index is -0.468. The van der Waals surface area contributed by atoms with Gasteiger partial charge in [-0.3, -0.25) is 4.79 Å². The highest BCUT2D eigenvalue weighted by Gasteiger charge is 2.12. The number of nitrogens with two attached hydrogens (primary N) is 1. The van der Waals surface area contributed by atoms with Crippen LogP contribution in [0.4, 0.5) is 4.79 Å². The van der Waals surface area contributed by atoms with Crippen molar-refractivity contribution < 1.29 is 9.59 Å². The van der Waals surface area contributed by atoms with Crippen LogP contribution in [0.3, 0.4) is 0 Å². The molecular weight excluding hydrogens is 254 g/mol. The summed E-state index contributed by atoms with van der Waals surface area (Å²) in [5.74, 6) is 5.25. The van der Waals surface area contributed by atoms with Crippen molar-refractivity contribution in [1.29, 1.82) is 0 Å². The van der Waals surface area contributed by atoms with Crippen molar-refractivity contribution >= 4 is 11.9 Å². The summed E-state index contributed by atoms with van der Waals surface area (Å²) < 4.78 is 0. The largest absolute Gasteiger partial charge is 0.366 e. The Kier molecular flexibility index (Phi) is 5.15. The first-order chi connectivity index (χ1) is 9.28. The third-order valence-corrected chi connectivity index (χ3v) is 2.23. The van der Waals surface area contributed by atoms with Crippen molar-refractivity contribution in [2.45, 2.75) is 26.3 Å². The zero-order valence-corrected chi connectivity index (χ0v) is 11.9. The molecule has 0 aliphatic heterocycles. The Morgan fingerprint density at radius 3 is 2.30 bits per heavy atom. The van der Waals surface area contributed by atoms with Crippen LogP contribution in [-0.4, -0.2) is 24.0 Å². The molecular formula is C15H19N3O2. The van der Waals surface area contributed by atoms with Crippen molar-refractivity contribution in [2.24, 2.45) is 5.73 Å². The van der Waals surface area contributed by atoms with Crippen molar-refractivity contribution in [3.8, 4) is 11.8 Å². The second-order valence-corrected chi connectivity index (χ2v) is 5.30. The van der Waals surface area contributed by atoms with E-state index in [0.29, 0.717) is 5.56 Å². The van der Waals surface area contributed by atoms with Gasteiger partial charge in [0.15, 0.2) is 0 Å². The minimum Gasteiger partial charge on any atom is -0.366 e. The molecule has 0 aliphatic carbocycles. The zero-order chi connectivity index (χ0) is 15.2. The van der Waals surface area contributed by atoms with Crippen LogP contribution >= 0.6 is 0 Å². The second kappa shape index (κ2) is 6.62. The lowest BCUT2D eigenvalue weighted by Crippen LogP contribution is -2.46. The number of primary amides is 1. The number of urea groups is 1. The molecule has 0 spiro atoms. The fourth-order valence-corrected chi connectivity index (χ4v) is 1.37. The maximum Gasteiger partial charge on any atom is 0.315 e. The molecule has 5 nitrogen and oxygen atoms in total. The van der Waals surface area contributed by atoms with Crippen molar-refractivity contribution in [1.82, 2.24) is 10.6 Å². The first-order valence-corrected chi connectivity index (χ1v) is 6.23. The summed E-state index contributed by atoms with van der Waals surface area (Å²) in [6, 6.07) is 6.40. The van der Waals surface area contributed by atoms with Crippen molar-refractivity contribution in [3.63, 3.8) is 0 Å². The summed E-state index contributed by atoms with van der Waals surface area (Å²) in [5, 5.41) is 5.41. The molecule has 0 saturated carbocycles. The van der Waals surface area contributed by atoms with E-state index in [2.05, 4.69) is 22.5 Å². The van der Waals surface area contributed by atoms with Crippen molar-refractivity contribution in [3.05, 3.63) is 35.4 Å². The van der Waals surface area contributed by atoms with Gasteiger partial charge in [0.1, 0.15) is 0 Å². The van der Waals surface area contributed by atoms with Gasteiger partial charge < -0.3 is 16.4 Å². The van der Waals surface area contributed by atoms with Gasteiger partial charge in [0.2, 0.25) is 5.91 Å². The van der Waals surface area contributed by atoms with E-state index < -0.39 is 5.91 Å². The molecule has 0 aromatic heterocycles. The fourth-order valence-electron chi connectivity index (χ4n) is 1.37. The zero-order valence-electron chi connectivity index (χ0n) is 11.9. The van der Waals surface area contributed by atoms with Gasteiger partial charge in [0, 0.05) is 16.7 Å². The topological polar surface area (TPSA) is 84.2 Å². The SMILES string of the molecule is CC(C)(C)NC(=O)NCC#Cc1ccc(C(N)=O)cc1. The number of rotatable bonds is 2. The Labute approximate surface area is 118 Å². The lowest BCUT2D eigenvalue weighted by Gasteiger charge is -2.20. The Morgan fingerprint density at radius 2 is 1.80 bits per heavy atom. The monoisotopic (exact) mass is 273 g/mol. The molecule has 0 radical (unpaired) electrons. The van der Waals surface area contributed by atoms with Crippen LogP contribution < -0.4 is 16.4 Å². The lowest BCUT2D eigenvalue weighted by atomic mass is 10.1. The highest BCUT2D eigenvalue weighted by Crippen LogP contribution is 2.02. The standard InChI is InChI=1S/C15H19N3O2/c1-15(2,3)18-14(20)17-10-4-5-11-6-8-12(9-7-11)13(16)19/h6-9H,10H2,1-3H3,(H2,16,19)(H2,17,18,20). The minimum absolute atomic E-state index is 0.249. The number of benzene rings is 1. The van der Waals surface area contributed by atoms with Crippen LogP contribution in [0.5, 0.6) is 0 Å². The van der Waals surface area contributed by atoms with Gasteiger partial charge in [-0.05, 0) is 45.0 Å². The van der Waals surface area contributed by atoms with Crippen LogP contribution in [0.25, 0.3) is 0 Å². The maximum atomic E-state index is 11.4. The molecule has 0 saturated heterocycles. The summed E-state index contributed by atoms with van der Waals surface area (Å²) in [4.78, 5) is 22.3. The molecule has 106 valence electrons. The molecule has 0 fully saturated rings. The summed E-state index contributed by atoms with van der Waals surface area (Å²) in [5.41, 5.74) is 6.06. The van der Waals surface area contributed by atoms with E-state index in [1.165, 1.54) is 0 Å². The van der Waals surface area contributed by atoms with E-state index in [0.717, 1.165) is 5.56 Å². The van der Waals surface area contributed by atoms with Gasteiger partial charge in [-0.25, -0.2) is 4.79 Å². The molecule has 0 bridgehead atoms. The van der Waals surface area contributed by atoms with Crippen molar-refractivity contribution in [2.75, 3.05) is 6.54 Å². The molecule has 0 atom stereocenters. The van der Waals surface area contributed by atoms with Crippen LogP contribution in [0, 0.1) is 11.8 Å². The van der Waals surface area contributed by atoms with E-state index in [-0.39, 0.29) is 18.1 Å². The Morgan fingerprint density at radius 1 is 1.20 bits per heavy atom. The van der Waals surface area contributed by atoms with Gasteiger partial charge in [0.25, 0.3) is 0 Å². The highest BCUT2D eigenvalue weighted by molar-refractivity contribution is 5.92. The van der Waals surface area contributed by atoms with Gasteiger partial charge in [-0.1, -0.05) is 11.8 Å². The smallest absolute Gasteiger partial charge is 0.315 e. The molecule has 1 aromatic rings. The van der Waals surface area contributed by atoms with Crippen LogP contribution in [0.15, 0.2) is 24.3 Å². The summed E-state index contributed by atoms with van der Waals surface area (Å²) in [6.07, 6.45) is 0. The molecule has 0 aliphatic rings. The molecule has 3 amide bonds. The molecule has 0 unspecified atom stereocenters. The van der Waals surface area contributed by atoms with E-state index in [1.54, 1.807) is 24.3 Å². The fraction of sp³-hybridized carbons (Fsp3) is 0.333. The number of amides is 3. The summed E-state index contributed by atoms with van der Waals surface area (Å²) in [7, 11) is 0. The predicted molar refractivity (Wildman–Crippen MR) is 78.1 cm³/mol. The van der Waals surface area contributed by atoms with Gasteiger partial charge in [-0.2, -0.15) is 0 Å². The number of carbonyl (C=O) groups excluding carboxylic acids is 2. The van der Waals surface area contributed by atoms with E-state index in [4.69, 9.17) is 5.73 Å². The maximum absolute atomic E-state index is 11.4. The van der Waals surface area contributed by atoms with Crippen LogP contribution in [0.2, 0.25) is 0 Å². The van der Waals surface area contributed by atoms with E-state index in [1.807, 2.05) is 20.8 Å². The van der Waals surface area contributed by atoms with Gasteiger partial charge in [0.05, 0.1) is 6.54 Å². The van der Waals surface area contributed by atoms with Crippen LogP contribution in [0.1, 0.15) is 36.7 Å². The average Bonchev–Trinajstić information content (AvgIpc) is 2.33. The van der Waals surface area contributed by atoms with Crippen LogP contribution in [-0.2, 0) is 0 Å².